The van der Waals surface area contributed by atoms with Crippen LogP contribution in [0.1, 0.15) is 29.8 Å². The number of aliphatic hydroxyl groups is 1. The van der Waals surface area contributed by atoms with E-state index in [1.807, 2.05) is 0 Å². The SMILES string of the molecule is Cc1cc(C(C)O)nc2ccc(C(F)(F)F)cc12. The zero-order valence-corrected chi connectivity index (χ0v) is 9.92. The summed E-state index contributed by atoms with van der Waals surface area (Å²) in [6.45, 7) is 3.27. The molecular formula is C13H12F3NO. The first kappa shape index (κ1) is 12.8. The van der Waals surface area contributed by atoms with E-state index in [0.717, 1.165) is 12.1 Å². The van der Waals surface area contributed by atoms with Crippen molar-refractivity contribution in [2.45, 2.75) is 26.1 Å². The molecule has 0 amide bonds. The zero-order chi connectivity index (χ0) is 13.5. The van der Waals surface area contributed by atoms with Crippen molar-refractivity contribution in [3.05, 3.63) is 41.1 Å². The lowest BCUT2D eigenvalue weighted by atomic mass is 10.0. The molecule has 1 N–H and O–H groups in total. The second-order valence-corrected chi connectivity index (χ2v) is 4.27. The van der Waals surface area contributed by atoms with Gasteiger partial charge in [0.25, 0.3) is 0 Å². The Bertz CT molecular complexity index is 591. The maximum atomic E-state index is 12.6. The zero-order valence-electron chi connectivity index (χ0n) is 9.92. The van der Waals surface area contributed by atoms with E-state index in [-0.39, 0.29) is 0 Å². The number of halogens is 3. The molecule has 0 aliphatic rings. The number of aliphatic hydroxyl groups excluding tert-OH is 1. The Morgan fingerprint density at radius 3 is 2.44 bits per heavy atom. The standard InChI is InChI=1S/C13H12F3NO/c1-7-5-12(8(2)18)17-11-4-3-9(6-10(7)11)13(14,15)16/h3-6,8,18H,1-2H3. The molecule has 1 aromatic carbocycles. The van der Waals surface area contributed by atoms with Crippen LogP contribution in [-0.2, 0) is 6.18 Å². The van der Waals surface area contributed by atoms with Gasteiger partial charge in [-0.05, 0) is 43.7 Å². The number of benzene rings is 1. The molecule has 2 rings (SSSR count). The van der Waals surface area contributed by atoms with Gasteiger partial charge in [-0.15, -0.1) is 0 Å². The number of nitrogens with zero attached hydrogens (tertiary/aromatic N) is 1. The van der Waals surface area contributed by atoms with Crippen LogP contribution < -0.4 is 0 Å². The summed E-state index contributed by atoms with van der Waals surface area (Å²) in [5.74, 6) is 0. The van der Waals surface area contributed by atoms with Crippen molar-refractivity contribution in [1.29, 1.82) is 0 Å². The Morgan fingerprint density at radius 1 is 1.22 bits per heavy atom. The quantitative estimate of drug-likeness (QED) is 0.844. The van der Waals surface area contributed by atoms with Crippen LogP contribution in [0.15, 0.2) is 24.3 Å². The first-order valence-corrected chi connectivity index (χ1v) is 5.45. The molecule has 0 fully saturated rings. The molecule has 0 saturated heterocycles. The fourth-order valence-corrected chi connectivity index (χ4v) is 1.81. The highest BCUT2D eigenvalue weighted by Gasteiger charge is 2.30. The summed E-state index contributed by atoms with van der Waals surface area (Å²) in [6, 6.07) is 5.02. The molecule has 2 nitrogen and oxygen atoms in total. The first-order valence-electron chi connectivity index (χ1n) is 5.45. The third-order valence-corrected chi connectivity index (χ3v) is 2.79. The maximum Gasteiger partial charge on any atom is 0.416 e. The van der Waals surface area contributed by atoms with Crippen molar-refractivity contribution in [2.24, 2.45) is 0 Å². The lowest BCUT2D eigenvalue weighted by Crippen LogP contribution is -2.05. The van der Waals surface area contributed by atoms with Crippen molar-refractivity contribution >= 4 is 10.9 Å². The van der Waals surface area contributed by atoms with E-state index in [1.165, 1.54) is 6.07 Å². The van der Waals surface area contributed by atoms with Crippen molar-refractivity contribution in [3.8, 4) is 0 Å². The minimum atomic E-state index is -4.36. The van der Waals surface area contributed by atoms with Crippen LogP contribution in [0, 0.1) is 6.92 Å². The topological polar surface area (TPSA) is 33.1 Å². The Balaban J connectivity index is 2.66. The molecule has 1 aromatic heterocycles. The van der Waals surface area contributed by atoms with E-state index < -0.39 is 17.8 Å². The van der Waals surface area contributed by atoms with Crippen LogP contribution in [0.2, 0.25) is 0 Å². The Morgan fingerprint density at radius 2 is 1.89 bits per heavy atom. The highest BCUT2D eigenvalue weighted by molar-refractivity contribution is 5.83. The van der Waals surface area contributed by atoms with Gasteiger partial charge in [-0.1, -0.05) is 0 Å². The van der Waals surface area contributed by atoms with Crippen LogP contribution in [0.5, 0.6) is 0 Å². The van der Waals surface area contributed by atoms with Crippen molar-refractivity contribution in [1.82, 2.24) is 4.98 Å². The predicted molar refractivity (Wildman–Crippen MR) is 62.1 cm³/mol. The summed E-state index contributed by atoms with van der Waals surface area (Å²) in [5.41, 5.74) is 0.894. The summed E-state index contributed by atoms with van der Waals surface area (Å²) in [7, 11) is 0. The van der Waals surface area contributed by atoms with Gasteiger partial charge < -0.3 is 5.11 Å². The smallest absolute Gasteiger partial charge is 0.387 e. The van der Waals surface area contributed by atoms with E-state index in [9.17, 15) is 18.3 Å². The third kappa shape index (κ3) is 2.31. The molecule has 1 atom stereocenters. The molecule has 0 radical (unpaired) electrons. The second kappa shape index (κ2) is 4.24. The van der Waals surface area contributed by atoms with Gasteiger partial charge in [-0.3, -0.25) is 4.98 Å². The number of fused-ring (bicyclic) bond motifs is 1. The average molecular weight is 255 g/mol. The molecular weight excluding hydrogens is 243 g/mol. The fourth-order valence-electron chi connectivity index (χ4n) is 1.81. The Kier molecular flexibility index (Phi) is 3.02. The van der Waals surface area contributed by atoms with E-state index in [0.29, 0.717) is 22.2 Å². The average Bonchev–Trinajstić information content (AvgIpc) is 2.27. The summed E-state index contributed by atoms with van der Waals surface area (Å²) < 4.78 is 37.8. The van der Waals surface area contributed by atoms with Gasteiger partial charge in [0.05, 0.1) is 22.9 Å². The van der Waals surface area contributed by atoms with Gasteiger partial charge in [-0.2, -0.15) is 13.2 Å². The number of rotatable bonds is 1. The minimum Gasteiger partial charge on any atom is -0.387 e. The number of aryl methyl sites for hydroxylation is 1. The van der Waals surface area contributed by atoms with Gasteiger partial charge in [0.2, 0.25) is 0 Å². The van der Waals surface area contributed by atoms with Gasteiger partial charge >= 0.3 is 6.18 Å². The summed E-state index contributed by atoms with van der Waals surface area (Å²) in [6.07, 6.45) is -5.10. The lowest BCUT2D eigenvalue weighted by molar-refractivity contribution is -0.137. The number of alkyl halides is 3. The van der Waals surface area contributed by atoms with Gasteiger partial charge in [0.15, 0.2) is 0 Å². The van der Waals surface area contributed by atoms with Crippen molar-refractivity contribution in [2.75, 3.05) is 0 Å². The number of aromatic nitrogens is 1. The van der Waals surface area contributed by atoms with Crippen LogP contribution in [0.25, 0.3) is 10.9 Å². The minimum absolute atomic E-state index is 0.453. The molecule has 0 aliphatic carbocycles. The normalized spacial score (nSPS) is 13.9. The molecule has 5 heteroatoms. The molecule has 1 heterocycles. The first-order chi connectivity index (χ1) is 8.29. The predicted octanol–water partition coefficient (Wildman–Crippen LogP) is 3.62. The van der Waals surface area contributed by atoms with E-state index in [1.54, 1.807) is 19.9 Å². The van der Waals surface area contributed by atoms with Crippen LogP contribution in [0.3, 0.4) is 0 Å². The highest BCUT2D eigenvalue weighted by Crippen LogP contribution is 2.32. The summed E-state index contributed by atoms with van der Waals surface area (Å²) >= 11 is 0. The van der Waals surface area contributed by atoms with E-state index in [4.69, 9.17) is 0 Å². The number of hydrogen-bond donors (Lipinski definition) is 1. The van der Waals surface area contributed by atoms with E-state index >= 15 is 0 Å². The van der Waals surface area contributed by atoms with Crippen molar-refractivity contribution < 1.29 is 18.3 Å². The molecule has 96 valence electrons. The molecule has 0 spiro atoms. The van der Waals surface area contributed by atoms with Crippen molar-refractivity contribution in [3.63, 3.8) is 0 Å². The lowest BCUT2D eigenvalue weighted by Gasteiger charge is -2.11. The molecule has 1 unspecified atom stereocenters. The maximum absolute atomic E-state index is 12.6. The van der Waals surface area contributed by atoms with Crippen LogP contribution >= 0.6 is 0 Å². The Labute approximate surface area is 102 Å². The second-order valence-electron chi connectivity index (χ2n) is 4.27. The van der Waals surface area contributed by atoms with Gasteiger partial charge in [0.1, 0.15) is 0 Å². The number of pyridine rings is 1. The highest BCUT2D eigenvalue weighted by atomic mass is 19.4. The van der Waals surface area contributed by atoms with Crippen LogP contribution in [0.4, 0.5) is 13.2 Å². The largest absolute Gasteiger partial charge is 0.416 e. The summed E-state index contributed by atoms with van der Waals surface area (Å²) in [5, 5.41) is 9.90. The molecule has 18 heavy (non-hydrogen) atoms. The molecule has 0 bridgehead atoms. The third-order valence-electron chi connectivity index (χ3n) is 2.79. The molecule has 0 saturated carbocycles. The van der Waals surface area contributed by atoms with Gasteiger partial charge in [0, 0.05) is 5.39 Å². The Hall–Kier alpha value is -1.62. The van der Waals surface area contributed by atoms with E-state index in [2.05, 4.69) is 4.98 Å². The van der Waals surface area contributed by atoms with Gasteiger partial charge in [-0.25, -0.2) is 0 Å². The fraction of sp³-hybridized carbons (Fsp3) is 0.308. The summed E-state index contributed by atoms with van der Waals surface area (Å²) in [4.78, 5) is 4.14. The molecule has 0 aliphatic heterocycles. The number of hydrogen-bond acceptors (Lipinski definition) is 2. The van der Waals surface area contributed by atoms with Crippen LogP contribution in [-0.4, -0.2) is 10.1 Å². The monoisotopic (exact) mass is 255 g/mol. The molecule has 2 aromatic rings.